The Morgan fingerprint density at radius 2 is 0.877 bits per heavy atom. The summed E-state index contributed by atoms with van der Waals surface area (Å²) in [6.07, 6.45) is 0. The van der Waals surface area contributed by atoms with E-state index in [1.807, 2.05) is 11.3 Å². The second-order valence-electron chi connectivity index (χ2n) is 22.5. The molecule has 81 heavy (non-hydrogen) atoms. The van der Waals surface area contributed by atoms with Crippen molar-refractivity contribution in [3.8, 4) is 50.2 Å². The molecule has 2 nitrogen and oxygen atoms in total. The highest BCUT2D eigenvalue weighted by atomic mass is 32.1. The molecule has 13 aromatic carbocycles. The van der Waals surface area contributed by atoms with Crippen LogP contribution in [0.1, 0.15) is 44.5 Å². The lowest BCUT2D eigenvalue weighted by molar-refractivity contribution is 0.748. The maximum Gasteiger partial charge on any atom is 0.0755 e. The summed E-state index contributed by atoms with van der Waals surface area (Å²) in [6, 6.07) is 106. The fourth-order valence-electron chi connectivity index (χ4n) is 16.0. The molecular weight excluding hydrogens is 997 g/mol. The minimum Gasteiger partial charge on any atom is -0.310 e. The fourth-order valence-corrected chi connectivity index (χ4v) is 17.2. The van der Waals surface area contributed by atoms with Crippen molar-refractivity contribution in [1.29, 1.82) is 0 Å². The summed E-state index contributed by atoms with van der Waals surface area (Å²) in [5.41, 5.74) is 26.7. The van der Waals surface area contributed by atoms with Crippen molar-refractivity contribution in [2.75, 3.05) is 4.90 Å². The number of anilines is 3. The van der Waals surface area contributed by atoms with Crippen molar-refractivity contribution < 1.29 is 0 Å². The average molecular weight is 1040 g/mol. The molecule has 4 aliphatic rings. The van der Waals surface area contributed by atoms with Crippen LogP contribution in [0.3, 0.4) is 0 Å². The van der Waals surface area contributed by atoms with Gasteiger partial charge in [0.1, 0.15) is 0 Å². The molecule has 0 bridgehead atoms. The van der Waals surface area contributed by atoms with Gasteiger partial charge in [0, 0.05) is 47.9 Å². The lowest BCUT2D eigenvalue weighted by Crippen LogP contribution is -2.33. The molecule has 0 radical (unpaired) electrons. The number of hydrogen-bond acceptors (Lipinski definition) is 2. The molecule has 3 aliphatic carbocycles. The van der Waals surface area contributed by atoms with Gasteiger partial charge in [-0.05, 0) is 149 Å². The average Bonchev–Trinajstić information content (AvgIpc) is 2.18. The van der Waals surface area contributed by atoms with Crippen LogP contribution in [0.25, 0.3) is 103 Å². The number of nitrogens with zero attached hydrogens (tertiary/aromatic N) is 2. The van der Waals surface area contributed by atoms with Gasteiger partial charge in [0.05, 0.1) is 33.2 Å². The number of benzene rings is 13. The summed E-state index contributed by atoms with van der Waals surface area (Å²) < 4.78 is 5.16. The molecule has 0 amide bonds. The van der Waals surface area contributed by atoms with Crippen molar-refractivity contribution in [3.05, 3.63) is 324 Å². The number of aromatic nitrogens is 1. The fraction of sp³-hybridized carbons (Fsp3) is 0.0256. The lowest BCUT2D eigenvalue weighted by atomic mass is 9.65. The Hall–Kier alpha value is -10.1. The smallest absolute Gasteiger partial charge is 0.0755 e. The second kappa shape index (κ2) is 15.8. The highest BCUT2D eigenvalue weighted by molar-refractivity contribution is 7.25. The normalized spacial score (nSPS) is 15.3. The molecule has 374 valence electrons. The molecule has 3 heterocycles. The largest absolute Gasteiger partial charge is 0.310 e. The number of rotatable bonds is 4. The van der Waals surface area contributed by atoms with Gasteiger partial charge >= 0.3 is 0 Å². The van der Waals surface area contributed by atoms with Gasteiger partial charge in [-0.1, -0.05) is 224 Å². The monoisotopic (exact) mass is 1040 g/mol. The number of thiophene rings is 1. The van der Waals surface area contributed by atoms with E-state index in [0.717, 1.165) is 17.1 Å². The molecule has 2 aromatic heterocycles. The zero-order chi connectivity index (χ0) is 52.7. The van der Waals surface area contributed by atoms with Gasteiger partial charge < -0.3 is 9.47 Å². The molecule has 0 N–H and O–H groups in total. The standard InChI is InChI=1S/C78H46N2S/c1-2-19-51-47(18-1)40-45-65-73(51)58-44-43-50(46-67(58)77(65)60-27-8-3-20-53(60)54-21-4-9-28-61(54)77)79(49-41-38-48(39-42-49)52-25-16-37-72-74(52)59-24-7-14-36-71(59)81-72)70-35-17-31-64-75(70)57-23-5-10-29-62(57)78(64)63-30-11-13-34-69(63)80-68-33-12-6-22-55(68)56-26-15-32-66(78)76(56)80/h1-46H. The Morgan fingerprint density at radius 1 is 0.321 bits per heavy atom. The summed E-state index contributed by atoms with van der Waals surface area (Å²) in [6.45, 7) is 0. The SMILES string of the molecule is c1ccc2c(c1)-c1ccccc1C21c2cc(N(c3ccc(-c4cccc5sc6ccccc6c45)cc3)c3cccc4c3-c3ccccc3C43c4ccccc4-n4c5ccccc5c5cccc3c54)ccc2-c2c1ccc1ccccc21. The highest BCUT2D eigenvalue weighted by Gasteiger charge is 2.54. The Morgan fingerprint density at radius 3 is 1.70 bits per heavy atom. The van der Waals surface area contributed by atoms with E-state index in [0.29, 0.717) is 0 Å². The minimum atomic E-state index is -0.609. The van der Waals surface area contributed by atoms with Gasteiger partial charge in [-0.25, -0.2) is 0 Å². The molecule has 0 saturated heterocycles. The van der Waals surface area contributed by atoms with Crippen LogP contribution in [0.5, 0.6) is 0 Å². The third-order valence-corrected chi connectivity index (χ3v) is 20.1. The predicted molar refractivity (Wildman–Crippen MR) is 338 cm³/mol. The second-order valence-corrected chi connectivity index (χ2v) is 23.6. The Balaban J connectivity index is 0.906. The van der Waals surface area contributed by atoms with Crippen LogP contribution in [0, 0.1) is 0 Å². The van der Waals surface area contributed by atoms with Gasteiger partial charge in [0.15, 0.2) is 0 Å². The first-order chi connectivity index (χ1) is 40.2. The van der Waals surface area contributed by atoms with Crippen LogP contribution in [-0.4, -0.2) is 4.57 Å². The predicted octanol–water partition coefficient (Wildman–Crippen LogP) is 20.5. The van der Waals surface area contributed by atoms with E-state index in [9.17, 15) is 0 Å². The molecule has 19 rings (SSSR count). The lowest BCUT2D eigenvalue weighted by Gasteiger charge is -2.39. The summed E-state index contributed by atoms with van der Waals surface area (Å²) >= 11 is 1.87. The molecule has 0 saturated carbocycles. The maximum absolute atomic E-state index is 2.59. The van der Waals surface area contributed by atoms with E-state index >= 15 is 0 Å². The first kappa shape index (κ1) is 43.9. The van der Waals surface area contributed by atoms with E-state index < -0.39 is 10.8 Å². The van der Waals surface area contributed by atoms with Crippen LogP contribution in [0.4, 0.5) is 17.1 Å². The number of fused-ring (bicyclic) bond motifs is 27. The van der Waals surface area contributed by atoms with E-state index in [1.165, 1.54) is 147 Å². The van der Waals surface area contributed by atoms with Gasteiger partial charge in [-0.3, -0.25) is 0 Å². The first-order valence-corrected chi connectivity index (χ1v) is 29.1. The van der Waals surface area contributed by atoms with Gasteiger partial charge in [-0.15, -0.1) is 11.3 Å². The van der Waals surface area contributed by atoms with Crippen molar-refractivity contribution in [1.82, 2.24) is 4.57 Å². The maximum atomic E-state index is 2.59. The van der Waals surface area contributed by atoms with Crippen LogP contribution in [0.2, 0.25) is 0 Å². The quantitative estimate of drug-likeness (QED) is 0.171. The Bertz CT molecular complexity index is 5220. The van der Waals surface area contributed by atoms with E-state index in [1.54, 1.807) is 0 Å². The van der Waals surface area contributed by atoms with Crippen LogP contribution in [0.15, 0.2) is 279 Å². The summed E-state index contributed by atoms with van der Waals surface area (Å²) in [4.78, 5) is 2.59. The van der Waals surface area contributed by atoms with Crippen molar-refractivity contribution in [2.45, 2.75) is 10.8 Å². The molecule has 1 atom stereocenters. The van der Waals surface area contributed by atoms with E-state index in [4.69, 9.17) is 0 Å². The molecule has 1 aliphatic heterocycles. The summed E-state index contributed by atoms with van der Waals surface area (Å²) in [5, 5.41) is 7.72. The van der Waals surface area contributed by atoms with Gasteiger partial charge in [0.25, 0.3) is 0 Å². The van der Waals surface area contributed by atoms with Crippen LogP contribution < -0.4 is 4.90 Å². The Labute approximate surface area is 472 Å². The first-order valence-electron chi connectivity index (χ1n) is 28.2. The Kier molecular flexibility index (Phi) is 8.57. The number of hydrogen-bond donors (Lipinski definition) is 0. The van der Waals surface area contributed by atoms with Crippen molar-refractivity contribution in [2.24, 2.45) is 0 Å². The van der Waals surface area contributed by atoms with Crippen LogP contribution in [-0.2, 0) is 10.8 Å². The molecule has 0 fully saturated rings. The summed E-state index contributed by atoms with van der Waals surface area (Å²) in [7, 11) is 0. The van der Waals surface area contributed by atoms with Crippen LogP contribution >= 0.6 is 11.3 Å². The third kappa shape index (κ3) is 5.38. The summed E-state index contributed by atoms with van der Waals surface area (Å²) in [5.74, 6) is 0. The minimum absolute atomic E-state index is 0.548. The zero-order valence-corrected chi connectivity index (χ0v) is 44.7. The molecule has 1 unspecified atom stereocenters. The van der Waals surface area contributed by atoms with E-state index in [-0.39, 0.29) is 0 Å². The van der Waals surface area contributed by atoms with E-state index in [2.05, 4.69) is 289 Å². The zero-order valence-electron chi connectivity index (χ0n) is 43.9. The molecule has 15 aromatic rings. The van der Waals surface area contributed by atoms with Crippen molar-refractivity contribution in [3.63, 3.8) is 0 Å². The number of para-hydroxylation sites is 3. The van der Waals surface area contributed by atoms with Gasteiger partial charge in [-0.2, -0.15) is 0 Å². The molecular formula is C78H46N2S. The van der Waals surface area contributed by atoms with Crippen molar-refractivity contribution >= 4 is 81.1 Å². The molecule has 3 heteroatoms. The topological polar surface area (TPSA) is 8.17 Å². The van der Waals surface area contributed by atoms with Gasteiger partial charge in [0.2, 0.25) is 0 Å². The third-order valence-electron chi connectivity index (χ3n) is 19.0. The molecule has 2 spiro atoms. The highest BCUT2D eigenvalue weighted by Crippen LogP contribution is 2.66.